The van der Waals surface area contributed by atoms with Crippen LogP contribution in [0, 0.1) is 38.7 Å². The maximum Gasteiger partial charge on any atom is 0.270 e. The first kappa shape index (κ1) is 20.5. The largest absolute Gasteiger partial charge is 0.299 e. The van der Waals surface area contributed by atoms with Gasteiger partial charge < -0.3 is 0 Å². The van der Waals surface area contributed by atoms with Crippen molar-refractivity contribution in [2.24, 2.45) is 28.6 Å². The minimum atomic E-state index is -0.333. The molecule has 0 spiro atoms. The Kier molecular flexibility index (Phi) is 4.46. The number of aromatic nitrogens is 1. The molecule has 0 bridgehead atoms. The monoisotopic (exact) mass is 450 g/mol. The number of aryl methyl sites for hydroxylation is 1. The van der Waals surface area contributed by atoms with Crippen molar-refractivity contribution in [1.29, 1.82) is 0 Å². The van der Waals surface area contributed by atoms with E-state index in [1.807, 2.05) is 6.07 Å². The first-order valence-electron chi connectivity index (χ1n) is 12.1. The molecule has 0 saturated heterocycles. The van der Waals surface area contributed by atoms with Crippen LogP contribution in [0.3, 0.4) is 0 Å². The number of hydrogen-bond donors (Lipinski definition) is 0. The minimum absolute atomic E-state index is 0.0656. The van der Waals surface area contributed by atoms with E-state index in [0.29, 0.717) is 29.5 Å². The molecule has 1 unspecified atom stereocenters. The van der Waals surface area contributed by atoms with Gasteiger partial charge in [-0.1, -0.05) is 26.0 Å². The summed E-state index contributed by atoms with van der Waals surface area (Å²) in [7, 11) is 0. The van der Waals surface area contributed by atoms with Crippen LogP contribution in [-0.4, -0.2) is 15.7 Å². The number of thiazole rings is 1. The van der Waals surface area contributed by atoms with Crippen molar-refractivity contribution in [3.63, 3.8) is 0 Å². The molecule has 6 atom stereocenters. The molecule has 4 aliphatic carbocycles. The Morgan fingerprint density at radius 1 is 1.09 bits per heavy atom. The van der Waals surface area contributed by atoms with E-state index in [4.69, 9.17) is 4.98 Å². The number of benzene rings is 1. The molecule has 6 rings (SSSR count). The summed E-state index contributed by atoms with van der Waals surface area (Å²) in [6.07, 6.45) is 8.70. The van der Waals surface area contributed by atoms with Gasteiger partial charge in [0.1, 0.15) is 10.8 Å². The van der Waals surface area contributed by atoms with Gasteiger partial charge in [0.15, 0.2) is 0 Å². The molecule has 0 radical (unpaired) electrons. The molecule has 3 saturated carbocycles. The van der Waals surface area contributed by atoms with Crippen LogP contribution in [0.15, 0.2) is 24.3 Å². The fourth-order valence-corrected chi connectivity index (χ4v) is 9.50. The van der Waals surface area contributed by atoms with Gasteiger partial charge in [-0.3, -0.25) is 14.9 Å². The van der Waals surface area contributed by atoms with Crippen LogP contribution < -0.4 is 0 Å². The lowest BCUT2D eigenvalue weighted by Crippen LogP contribution is -2.52. The standard InChI is InChI=1S/C26H30N2O3S/c1-25-13-11-21-23(32-24(27-21)15-4-3-5-16(14-15)28(30)31)20(25)7-6-17-18-8-9-22(29)26(18,2)12-10-19(17)25/h3-5,14,17-20H,6-13H2,1-2H3/t17-,18-,19-,20?,25+,26-/m0/s1. The molecule has 0 amide bonds. The number of nitro groups is 1. The van der Waals surface area contributed by atoms with Crippen LogP contribution in [0.5, 0.6) is 0 Å². The van der Waals surface area contributed by atoms with E-state index < -0.39 is 0 Å². The van der Waals surface area contributed by atoms with Gasteiger partial charge in [0, 0.05) is 40.3 Å². The zero-order valence-electron chi connectivity index (χ0n) is 18.8. The predicted molar refractivity (Wildman–Crippen MR) is 125 cm³/mol. The molecule has 1 heterocycles. The number of carbonyl (C=O) groups excluding carboxylic acids is 1. The second-order valence-electron chi connectivity index (χ2n) is 11.1. The number of hydrogen-bond acceptors (Lipinski definition) is 5. The number of rotatable bonds is 2. The second kappa shape index (κ2) is 6.96. The Hall–Kier alpha value is -2.08. The summed E-state index contributed by atoms with van der Waals surface area (Å²) in [6.45, 7) is 4.77. The number of non-ortho nitro benzene ring substituents is 1. The average Bonchev–Trinajstić information content (AvgIpc) is 3.34. The molecule has 1 aromatic carbocycles. The highest BCUT2D eigenvalue weighted by molar-refractivity contribution is 7.15. The third-order valence-electron chi connectivity index (χ3n) is 9.83. The van der Waals surface area contributed by atoms with Gasteiger partial charge in [-0.2, -0.15) is 0 Å². The summed E-state index contributed by atoms with van der Waals surface area (Å²) >= 11 is 1.76. The molecule has 0 aliphatic heterocycles. The van der Waals surface area contributed by atoms with Gasteiger partial charge in [0.2, 0.25) is 0 Å². The molecule has 6 heteroatoms. The third kappa shape index (κ3) is 2.74. The third-order valence-corrected chi connectivity index (χ3v) is 11.1. The van der Waals surface area contributed by atoms with Crippen molar-refractivity contribution in [2.75, 3.05) is 0 Å². The summed E-state index contributed by atoms with van der Waals surface area (Å²) in [5.74, 6) is 3.01. The van der Waals surface area contributed by atoms with Crippen LogP contribution in [0.1, 0.15) is 75.3 Å². The quantitative estimate of drug-likeness (QED) is 0.384. The Morgan fingerprint density at radius 3 is 2.75 bits per heavy atom. The molecule has 0 N–H and O–H groups in total. The molecular formula is C26H30N2O3S. The number of nitrogens with zero attached hydrogens (tertiary/aromatic N) is 2. The maximum atomic E-state index is 12.7. The zero-order valence-corrected chi connectivity index (χ0v) is 19.6. The van der Waals surface area contributed by atoms with Crippen molar-refractivity contribution in [3.05, 3.63) is 45.0 Å². The van der Waals surface area contributed by atoms with E-state index in [-0.39, 0.29) is 21.4 Å². The highest BCUT2D eigenvalue weighted by Gasteiger charge is 2.60. The average molecular weight is 451 g/mol. The number of nitro benzene ring substituents is 1. The second-order valence-corrected chi connectivity index (χ2v) is 12.1. The fourth-order valence-electron chi connectivity index (χ4n) is 8.10. The van der Waals surface area contributed by atoms with Crippen LogP contribution in [0.25, 0.3) is 10.6 Å². The molecule has 4 aliphatic rings. The van der Waals surface area contributed by atoms with Crippen LogP contribution in [-0.2, 0) is 11.2 Å². The van der Waals surface area contributed by atoms with Crippen LogP contribution in [0.2, 0.25) is 0 Å². The molecule has 32 heavy (non-hydrogen) atoms. The lowest BCUT2D eigenvalue weighted by Gasteiger charge is -2.59. The number of Topliss-reactive ketones (excluding diaryl/α,β-unsaturated/α-hetero) is 1. The maximum absolute atomic E-state index is 12.7. The normalized spacial score (nSPS) is 37.9. The first-order valence-corrected chi connectivity index (χ1v) is 12.9. The Morgan fingerprint density at radius 2 is 1.94 bits per heavy atom. The van der Waals surface area contributed by atoms with Crippen molar-refractivity contribution in [3.8, 4) is 10.6 Å². The van der Waals surface area contributed by atoms with Crippen LogP contribution >= 0.6 is 11.3 Å². The summed E-state index contributed by atoms with van der Waals surface area (Å²) in [5, 5.41) is 12.2. The molecule has 3 fully saturated rings. The Balaban J connectivity index is 1.34. The topological polar surface area (TPSA) is 73.1 Å². The number of ketones is 1. The van der Waals surface area contributed by atoms with Crippen molar-refractivity contribution >= 4 is 22.8 Å². The lowest BCUT2D eigenvalue weighted by molar-refractivity contribution is -0.384. The van der Waals surface area contributed by atoms with Gasteiger partial charge in [-0.25, -0.2) is 4.98 Å². The Labute approximate surface area is 192 Å². The number of fused-ring (bicyclic) bond motifs is 7. The highest BCUT2D eigenvalue weighted by Crippen LogP contribution is 2.67. The van der Waals surface area contributed by atoms with Crippen molar-refractivity contribution in [1.82, 2.24) is 4.98 Å². The fraction of sp³-hybridized carbons (Fsp3) is 0.615. The molecular weight excluding hydrogens is 420 g/mol. The predicted octanol–water partition coefficient (Wildman–Crippen LogP) is 6.56. The van der Waals surface area contributed by atoms with E-state index in [9.17, 15) is 14.9 Å². The van der Waals surface area contributed by atoms with E-state index in [0.717, 1.165) is 36.3 Å². The number of carbonyl (C=O) groups is 1. The van der Waals surface area contributed by atoms with Gasteiger partial charge in [-0.15, -0.1) is 11.3 Å². The summed E-state index contributed by atoms with van der Waals surface area (Å²) in [5.41, 5.74) is 2.40. The Bertz CT molecular complexity index is 1130. The molecule has 168 valence electrons. The van der Waals surface area contributed by atoms with Gasteiger partial charge in [0.25, 0.3) is 5.69 Å². The smallest absolute Gasteiger partial charge is 0.270 e. The minimum Gasteiger partial charge on any atom is -0.299 e. The summed E-state index contributed by atoms with van der Waals surface area (Å²) < 4.78 is 0. The lowest BCUT2D eigenvalue weighted by atomic mass is 9.46. The zero-order chi connectivity index (χ0) is 22.3. The van der Waals surface area contributed by atoms with E-state index in [2.05, 4.69) is 13.8 Å². The molecule has 5 nitrogen and oxygen atoms in total. The SMILES string of the molecule is C[C@]12CCc3nc(-c4cccc([N+](=O)[O-])c4)sc3C1CC[C@@H]1[C@@H]2CC[C@]2(C)C(=O)CC[C@@H]12. The van der Waals surface area contributed by atoms with Gasteiger partial charge >= 0.3 is 0 Å². The summed E-state index contributed by atoms with van der Waals surface area (Å²) in [6, 6.07) is 6.89. The summed E-state index contributed by atoms with van der Waals surface area (Å²) in [4.78, 5) is 30.0. The van der Waals surface area contributed by atoms with Crippen LogP contribution in [0.4, 0.5) is 5.69 Å². The molecule has 2 aromatic rings. The van der Waals surface area contributed by atoms with Gasteiger partial charge in [0.05, 0.1) is 10.6 Å². The van der Waals surface area contributed by atoms with Gasteiger partial charge in [-0.05, 0) is 68.1 Å². The molecule has 1 aromatic heterocycles. The first-order chi connectivity index (χ1) is 15.3. The van der Waals surface area contributed by atoms with Crippen molar-refractivity contribution < 1.29 is 9.72 Å². The van der Waals surface area contributed by atoms with Crippen molar-refractivity contribution in [2.45, 2.75) is 71.1 Å². The highest BCUT2D eigenvalue weighted by atomic mass is 32.1. The van der Waals surface area contributed by atoms with E-state index >= 15 is 0 Å². The van der Waals surface area contributed by atoms with E-state index in [1.165, 1.54) is 36.3 Å². The van der Waals surface area contributed by atoms with E-state index in [1.54, 1.807) is 29.5 Å².